The first-order chi connectivity index (χ1) is 32.9. The number of H-pyrrole nitrogens is 1. The number of nitrogens with zero attached hydrogens (tertiary/aromatic N) is 5. The molecule has 6 aliphatic heterocycles. The molecule has 1 saturated carbocycles. The fourth-order valence-electron chi connectivity index (χ4n) is 12.1. The third-order valence-corrected chi connectivity index (χ3v) is 17.1. The lowest BCUT2D eigenvalue weighted by Gasteiger charge is -2.62. The number of rotatable bonds is 10. The van der Waals surface area contributed by atoms with Gasteiger partial charge in [0, 0.05) is 54.3 Å². The summed E-state index contributed by atoms with van der Waals surface area (Å²) in [5.41, 5.74) is 9.86. The van der Waals surface area contributed by atoms with Gasteiger partial charge in [0.2, 0.25) is 15.7 Å². The van der Waals surface area contributed by atoms with Gasteiger partial charge in [-0.1, -0.05) is 38.1 Å². The number of likely N-dealkylation sites (tertiary alicyclic amines) is 1. The van der Waals surface area contributed by atoms with E-state index in [1.165, 1.54) is 17.2 Å². The fraction of sp³-hybridized carbons (Fsp3) is 0.469. The van der Waals surface area contributed by atoms with Crippen LogP contribution in [0.25, 0.3) is 11.0 Å². The Morgan fingerprint density at radius 2 is 1.81 bits per heavy atom. The molecule has 0 radical (unpaired) electrons. The van der Waals surface area contributed by atoms with Gasteiger partial charge in [-0.25, -0.2) is 8.42 Å². The topological polar surface area (TPSA) is 217 Å². The number of benzene rings is 3. The Kier molecular flexibility index (Phi) is 10.4. The van der Waals surface area contributed by atoms with Crippen molar-refractivity contribution in [3.05, 3.63) is 93.7 Å². The first-order valence-electron chi connectivity index (χ1n) is 23.6. The number of carbonyl (C=O) groups excluding carboxylic acids is 1. The van der Waals surface area contributed by atoms with E-state index < -0.39 is 50.6 Å². The Morgan fingerprint density at radius 3 is 2.59 bits per heavy atom. The summed E-state index contributed by atoms with van der Waals surface area (Å²) in [4.78, 5) is 39.9. The molecule has 0 bridgehead atoms. The van der Waals surface area contributed by atoms with Crippen LogP contribution in [0.1, 0.15) is 73.0 Å². The summed E-state index contributed by atoms with van der Waals surface area (Å²) in [7, 11) is -4.78. The maximum Gasteiger partial charge on any atom is 0.297 e. The molecule has 1 amide bonds. The van der Waals surface area contributed by atoms with Crippen molar-refractivity contribution in [2.24, 2.45) is 11.1 Å². The normalized spacial score (nSPS) is 25.5. The van der Waals surface area contributed by atoms with Crippen LogP contribution in [0.15, 0.2) is 76.7 Å². The molecule has 1 spiro atoms. The van der Waals surface area contributed by atoms with Crippen LogP contribution in [-0.4, -0.2) is 124 Å². The van der Waals surface area contributed by atoms with Gasteiger partial charge in [0.05, 0.1) is 71.9 Å². The summed E-state index contributed by atoms with van der Waals surface area (Å²) in [5, 5.41) is 16.9. The number of primary amides is 1. The van der Waals surface area contributed by atoms with Crippen molar-refractivity contribution >= 4 is 55.2 Å². The van der Waals surface area contributed by atoms with Gasteiger partial charge in [0.15, 0.2) is 11.4 Å². The minimum atomic E-state index is -4.78. The van der Waals surface area contributed by atoms with E-state index in [1.54, 1.807) is 23.2 Å². The number of nitro benzene ring substituents is 1. The summed E-state index contributed by atoms with van der Waals surface area (Å²) in [5.74, 6) is -0.212. The predicted octanol–water partition coefficient (Wildman–Crippen LogP) is 6.22. The number of fused-ring (bicyclic) bond motifs is 4. The van der Waals surface area contributed by atoms with E-state index in [0.29, 0.717) is 61.3 Å². The molecule has 5 fully saturated rings. The Labute approximate surface area is 393 Å². The number of aromatic nitrogens is 2. The van der Waals surface area contributed by atoms with Crippen molar-refractivity contribution in [3.8, 4) is 11.6 Å². The highest BCUT2D eigenvalue weighted by atomic mass is 32.2. The first-order valence-corrected chi connectivity index (χ1v) is 25.1. The number of nitro groups is 1. The van der Waals surface area contributed by atoms with Gasteiger partial charge in [-0.3, -0.25) is 19.8 Å². The Bertz CT molecular complexity index is 2960. The molecule has 2 aromatic heterocycles. The molecule has 3 aromatic carbocycles. The Morgan fingerprint density at radius 1 is 0.985 bits per heavy atom. The maximum absolute atomic E-state index is 16.0. The van der Waals surface area contributed by atoms with Crippen molar-refractivity contribution in [3.63, 3.8) is 0 Å². The molecule has 7 aliphatic rings. The van der Waals surface area contributed by atoms with Crippen LogP contribution in [0.2, 0.25) is 0 Å². The average molecular weight is 947 g/mol. The molecule has 4 saturated heterocycles. The number of ether oxygens (including phenoxy) is 5. The molecule has 5 aromatic rings. The number of aromatic amines is 1. The number of sulfone groups is 1. The van der Waals surface area contributed by atoms with Gasteiger partial charge in [0.25, 0.3) is 11.6 Å². The fourth-order valence-corrected chi connectivity index (χ4v) is 13.8. The van der Waals surface area contributed by atoms with Crippen molar-refractivity contribution in [2.45, 2.75) is 91.6 Å². The van der Waals surface area contributed by atoms with E-state index in [4.69, 9.17) is 34.4 Å². The Hall–Kier alpha value is -5.99. The van der Waals surface area contributed by atoms with Crippen LogP contribution < -0.4 is 30.3 Å². The number of hydrogen-bond acceptors (Lipinski definition) is 15. The molecule has 19 heteroatoms. The van der Waals surface area contributed by atoms with Gasteiger partial charge in [-0.2, -0.15) is 4.98 Å². The second-order valence-corrected chi connectivity index (χ2v) is 21.6. The van der Waals surface area contributed by atoms with E-state index in [2.05, 4.69) is 58.2 Å². The summed E-state index contributed by atoms with van der Waals surface area (Å²) in [6.07, 6.45) is 4.92. The highest BCUT2D eigenvalue weighted by molar-refractivity contribution is 7.91. The van der Waals surface area contributed by atoms with Crippen molar-refractivity contribution in [1.82, 2.24) is 14.9 Å². The third-order valence-electron chi connectivity index (χ3n) is 15.3. The molecule has 5 atom stereocenters. The van der Waals surface area contributed by atoms with E-state index >= 15 is 8.42 Å². The van der Waals surface area contributed by atoms with Crippen molar-refractivity contribution < 1.29 is 41.8 Å². The molecule has 68 heavy (non-hydrogen) atoms. The lowest BCUT2D eigenvalue weighted by atomic mass is 9.60. The molecule has 4 N–H and O–H groups in total. The van der Waals surface area contributed by atoms with Crippen LogP contribution >= 0.6 is 0 Å². The Balaban J connectivity index is 0.959. The molecular weight excluding hydrogens is 893 g/mol. The number of anilines is 4. The lowest BCUT2D eigenvalue weighted by Crippen LogP contribution is -2.66. The number of nitrogens with two attached hydrogens (primary N) is 1. The van der Waals surface area contributed by atoms with Crippen LogP contribution in [0.4, 0.5) is 28.4 Å². The zero-order valence-corrected chi connectivity index (χ0v) is 38.7. The average Bonchev–Trinajstić information content (AvgIpc) is 4.10. The van der Waals surface area contributed by atoms with Gasteiger partial charge in [0.1, 0.15) is 35.0 Å². The van der Waals surface area contributed by atoms with E-state index in [-0.39, 0.29) is 70.2 Å². The number of hydrogen-bond donors (Lipinski definition) is 3. The van der Waals surface area contributed by atoms with Crippen LogP contribution in [-0.2, 0) is 24.0 Å². The first kappa shape index (κ1) is 43.3. The number of nitrogens with one attached hydrogen (secondary N) is 2. The quantitative estimate of drug-likeness (QED) is 0.105. The zero-order valence-electron chi connectivity index (χ0n) is 37.9. The standard InChI is InChI=1S/C49H54N8O10S/c1-27(2)31-6-3-4-7-32(31)35-8-5-13-55(35)29-19-49(20-29)25-54(26-49)36-10-9-33(46(50)58)44(56-38-16-28-11-12-51-47(28)53-48(38)67-42-24-64-22-39(42)56)45(36)68(61,62)30-17-37(57(59)60)43-40(18-30)66-21-34(52-43)41-23-63-14-15-65-41/h3-4,6-7,9-12,16-18,27,29,34-35,39,41-42,52H,5,8,13-15,19-26H2,1-2H3,(H2,50,58)(H,51,53)/t34-,35+,39+,41-,42+/m1/s1. The molecule has 12 rings (SSSR count). The highest BCUT2D eigenvalue weighted by Crippen LogP contribution is 2.57. The summed E-state index contributed by atoms with van der Waals surface area (Å²) in [6.45, 7) is 8.14. The largest absolute Gasteiger partial charge is 0.489 e. The SMILES string of the molecule is CC(C)c1ccccc1[C@@H]1CCCN1C1CC2(C1)CN(c1ccc(C(N)=O)c(N3c4cc5cc[nH]c5nc4O[C@H]4COC[C@@H]43)c1S(=O)(=O)c1cc3c(c([N+](=O)[O-])c1)N[C@@H]([C@H]1COCCO1)CO3)C2. The summed E-state index contributed by atoms with van der Waals surface area (Å²) in [6, 6.07) is 17.8. The molecule has 0 unspecified atom stereocenters. The van der Waals surface area contributed by atoms with Crippen LogP contribution in [0, 0.1) is 15.5 Å². The molecule has 356 valence electrons. The van der Waals surface area contributed by atoms with Gasteiger partial charge >= 0.3 is 0 Å². The number of amides is 1. The summed E-state index contributed by atoms with van der Waals surface area (Å²) < 4.78 is 62.0. The minimum absolute atomic E-state index is 0.000388. The van der Waals surface area contributed by atoms with Gasteiger partial charge in [-0.15, -0.1) is 0 Å². The second kappa shape index (κ2) is 16.3. The monoisotopic (exact) mass is 946 g/mol. The second-order valence-electron chi connectivity index (χ2n) is 19.8. The zero-order chi connectivity index (χ0) is 46.6. The van der Waals surface area contributed by atoms with Gasteiger partial charge < -0.3 is 49.5 Å². The molecule has 1 aliphatic carbocycles. The predicted molar refractivity (Wildman–Crippen MR) is 251 cm³/mol. The van der Waals surface area contributed by atoms with Crippen molar-refractivity contribution in [1.29, 1.82) is 0 Å². The van der Waals surface area contributed by atoms with Crippen LogP contribution in [0.5, 0.6) is 11.6 Å². The van der Waals surface area contributed by atoms with Crippen molar-refractivity contribution in [2.75, 3.05) is 74.4 Å². The van der Waals surface area contributed by atoms with E-state index in [0.717, 1.165) is 43.7 Å². The minimum Gasteiger partial charge on any atom is -0.489 e. The number of pyridine rings is 1. The van der Waals surface area contributed by atoms with E-state index in [9.17, 15) is 14.9 Å². The highest BCUT2D eigenvalue weighted by Gasteiger charge is 2.56. The van der Waals surface area contributed by atoms with Crippen LogP contribution in [0.3, 0.4) is 0 Å². The third kappa shape index (κ3) is 6.98. The molecule has 18 nitrogen and oxygen atoms in total. The number of carbonyl (C=O) groups is 1. The maximum atomic E-state index is 16.0. The summed E-state index contributed by atoms with van der Waals surface area (Å²) >= 11 is 0. The molecule has 8 heterocycles. The smallest absolute Gasteiger partial charge is 0.297 e. The van der Waals surface area contributed by atoms with Gasteiger partial charge in [-0.05, 0) is 73.5 Å². The molecular formula is C49H54N8O10S. The lowest BCUT2D eigenvalue weighted by molar-refractivity contribution is -0.384. The van der Waals surface area contributed by atoms with E-state index in [1.807, 2.05) is 12.1 Å².